The average Bonchev–Trinajstić information content (AvgIpc) is 3.01. The number of tetrazole rings is 1. The zero-order chi connectivity index (χ0) is 13.8. The minimum Gasteiger partial charge on any atom is -0.383 e. The number of rotatable bonds is 4. The topological polar surface area (TPSA) is 69.7 Å². The highest BCUT2D eigenvalue weighted by atomic mass is 15.5. The highest BCUT2D eigenvalue weighted by Gasteiger charge is 2.18. The number of H-pyrrole nitrogens is 1. The van der Waals surface area contributed by atoms with Crippen LogP contribution in [0.5, 0.6) is 0 Å². The number of nitrogens with zero attached hydrogens (tertiary/aromatic N) is 4. The molecule has 1 saturated heterocycles. The fourth-order valence-corrected chi connectivity index (χ4v) is 2.69. The van der Waals surface area contributed by atoms with E-state index < -0.39 is 0 Å². The minimum absolute atomic E-state index is 0.623. The predicted molar refractivity (Wildman–Crippen MR) is 78.4 cm³/mol. The van der Waals surface area contributed by atoms with Crippen molar-refractivity contribution >= 4 is 5.69 Å². The van der Waals surface area contributed by atoms with Gasteiger partial charge in [-0.05, 0) is 43.8 Å². The highest BCUT2D eigenvalue weighted by Crippen LogP contribution is 2.20. The van der Waals surface area contributed by atoms with Gasteiger partial charge in [0.2, 0.25) is 5.82 Å². The number of benzene rings is 1. The Labute approximate surface area is 118 Å². The van der Waals surface area contributed by atoms with Crippen molar-refractivity contribution in [3.63, 3.8) is 0 Å². The van der Waals surface area contributed by atoms with Crippen LogP contribution in [0, 0.1) is 0 Å². The lowest BCUT2D eigenvalue weighted by Crippen LogP contribution is -2.40. The molecule has 1 aromatic carbocycles. The van der Waals surface area contributed by atoms with Crippen molar-refractivity contribution in [1.82, 2.24) is 25.5 Å². The lowest BCUT2D eigenvalue weighted by atomic mass is 10.0. The van der Waals surface area contributed by atoms with Crippen molar-refractivity contribution in [2.75, 3.05) is 25.5 Å². The number of aromatic amines is 1. The smallest absolute Gasteiger partial charge is 0.204 e. The second-order valence-corrected chi connectivity index (χ2v) is 5.33. The number of hydrogen-bond acceptors (Lipinski definition) is 5. The van der Waals surface area contributed by atoms with E-state index in [9.17, 15) is 0 Å². The third-order valence-electron chi connectivity index (χ3n) is 3.93. The van der Waals surface area contributed by atoms with E-state index >= 15 is 0 Å². The summed E-state index contributed by atoms with van der Waals surface area (Å²) in [5.74, 6) is 0.628. The Balaban J connectivity index is 1.64. The summed E-state index contributed by atoms with van der Waals surface area (Å²) in [7, 11) is 2.21. The molecule has 0 amide bonds. The lowest BCUT2D eigenvalue weighted by molar-refractivity contribution is 0.194. The average molecular weight is 272 g/mol. The van der Waals surface area contributed by atoms with Gasteiger partial charge < -0.3 is 10.2 Å². The van der Waals surface area contributed by atoms with Crippen molar-refractivity contribution in [2.24, 2.45) is 0 Å². The first-order valence-electron chi connectivity index (χ1n) is 7.11. The van der Waals surface area contributed by atoms with Gasteiger partial charge in [0.25, 0.3) is 0 Å². The zero-order valence-corrected chi connectivity index (χ0v) is 11.7. The summed E-state index contributed by atoms with van der Waals surface area (Å²) in [6.45, 7) is 2.18. The molecule has 1 unspecified atom stereocenters. The van der Waals surface area contributed by atoms with Crippen LogP contribution >= 0.6 is 0 Å². The van der Waals surface area contributed by atoms with Crippen LogP contribution < -0.4 is 5.32 Å². The van der Waals surface area contributed by atoms with Gasteiger partial charge in [0.1, 0.15) is 0 Å². The number of piperidine rings is 1. The number of anilines is 1. The standard InChI is InChI=1S/C14H20N6/c1-20-8-3-2-7-13(20)10-15-12-6-4-5-11(9-12)14-16-18-19-17-14/h4-6,9,13,15H,2-3,7-8,10H2,1H3,(H,16,17,18,19). The number of nitrogens with one attached hydrogen (secondary N) is 2. The monoisotopic (exact) mass is 272 g/mol. The zero-order valence-electron chi connectivity index (χ0n) is 11.7. The summed E-state index contributed by atoms with van der Waals surface area (Å²) in [5, 5.41) is 17.6. The van der Waals surface area contributed by atoms with Crippen LogP contribution in [-0.4, -0.2) is 51.7 Å². The molecule has 1 fully saturated rings. The minimum atomic E-state index is 0.623. The van der Waals surface area contributed by atoms with Crippen LogP contribution in [-0.2, 0) is 0 Å². The number of likely N-dealkylation sites (tertiary alicyclic amines) is 1. The Kier molecular flexibility index (Phi) is 3.92. The van der Waals surface area contributed by atoms with E-state index in [-0.39, 0.29) is 0 Å². The molecule has 1 aromatic heterocycles. The quantitative estimate of drug-likeness (QED) is 0.887. The normalized spacial score (nSPS) is 19.9. The van der Waals surface area contributed by atoms with Gasteiger partial charge in [0.05, 0.1) is 0 Å². The van der Waals surface area contributed by atoms with Gasteiger partial charge in [-0.2, -0.15) is 5.21 Å². The van der Waals surface area contributed by atoms with Gasteiger partial charge in [0, 0.05) is 23.8 Å². The third kappa shape index (κ3) is 2.96. The second kappa shape index (κ2) is 6.00. The summed E-state index contributed by atoms with van der Waals surface area (Å²) in [4.78, 5) is 2.44. The van der Waals surface area contributed by atoms with Crippen molar-refractivity contribution in [3.05, 3.63) is 24.3 Å². The van der Waals surface area contributed by atoms with E-state index in [1.54, 1.807) is 0 Å². The summed E-state index contributed by atoms with van der Waals surface area (Å²) in [5.41, 5.74) is 2.08. The van der Waals surface area contributed by atoms with Gasteiger partial charge in [-0.1, -0.05) is 18.6 Å². The maximum Gasteiger partial charge on any atom is 0.204 e. The van der Waals surface area contributed by atoms with Crippen molar-refractivity contribution < 1.29 is 0 Å². The Morgan fingerprint density at radius 3 is 3.15 bits per heavy atom. The van der Waals surface area contributed by atoms with E-state index in [2.05, 4.69) is 50.0 Å². The summed E-state index contributed by atoms with van der Waals surface area (Å²) in [6.07, 6.45) is 3.92. The van der Waals surface area contributed by atoms with Crippen LogP contribution in [0.15, 0.2) is 24.3 Å². The first-order chi connectivity index (χ1) is 9.83. The van der Waals surface area contributed by atoms with E-state index in [1.807, 2.05) is 12.1 Å². The largest absolute Gasteiger partial charge is 0.383 e. The molecule has 3 rings (SSSR count). The van der Waals surface area contributed by atoms with Gasteiger partial charge >= 0.3 is 0 Å². The van der Waals surface area contributed by atoms with Crippen molar-refractivity contribution in [3.8, 4) is 11.4 Å². The molecule has 0 spiro atoms. The second-order valence-electron chi connectivity index (χ2n) is 5.33. The molecular weight excluding hydrogens is 252 g/mol. The molecule has 0 aliphatic carbocycles. The molecular formula is C14H20N6. The maximum atomic E-state index is 4.01. The van der Waals surface area contributed by atoms with Gasteiger partial charge in [-0.15, -0.1) is 10.2 Å². The van der Waals surface area contributed by atoms with Crippen LogP contribution in [0.4, 0.5) is 5.69 Å². The summed E-state index contributed by atoms with van der Waals surface area (Å²) < 4.78 is 0. The molecule has 6 heteroatoms. The Bertz CT molecular complexity index is 538. The molecule has 1 aliphatic rings. The predicted octanol–water partition coefficient (Wildman–Crippen LogP) is 1.76. The Morgan fingerprint density at radius 2 is 2.35 bits per heavy atom. The van der Waals surface area contributed by atoms with Crippen LogP contribution in [0.2, 0.25) is 0 Å². The van der Waals surface area contributed by atoms with E-state index in [4.69, 9.17) is 0 Å². The summed E-state index contributed by atoms with van der Waals surface area (Å²) in [6, 6.07) is 8.76. The molecule has 2 aromatic rings. The molecule has 1 atom stereocenters. The molecule has 2 heterocycles. The van der Waals surface area contributed by atoms with E-state index in [0.29, 0.717) is 11.9 Å². The molecule has 1 aliphatic heterocycles. The first-order valence-corrected chi connectivity index (χ1v) is 7.11. The Morgan fingerprint density at radius 1 is 1.40 bits per heavy atom. The number of aromatic nitrogens is 4. The number of likely N-dealkylation sites (N-methyl/N-ethyl adjacent to an activating group) is 1. The fraction of sp³-hybridized carbons (Fsp3) is 0.500. The van der Waals surface area contributed by atoms with Crippen molar-refractivity contribution in [1.29, 1.82) is 0 Å². The molecule has 0 bridgehead atoms. The van der Waals surface area contributed by atoms with Crippen LogP contribution in [0.1, 0.15) is 19.3 Å². The van der Waals surface area contributed by atoms with E-state index in [0.717, 1.165) is 17.8 Å². The van der Waals surface area contributed by atoms with Crippen LogP contribution in [0.25, 0.3) is 11.4 Å². The Hall–Kier alpha value is -1.95. The molecule has 6 nitrogen and oxygen atoms in total. The molecule has 106 valence electrons. The third-order valence-corrected chi connectivity index (χ3v) is 3.93. The van der Waals surface area contributed by atoms with E-state index in [1.165, 1.54) is 25.8 Å². The fourth-order valence-electron chi connectivity index (χ4n) is 2.69. The maximum absolute atomic E-state index is 4.01. The SMILES string of the molecule is CN1CCCCC1CNc1cccc(-c2nn[nH]n2)c1. The molecule has 0 saturated carbocycles. The van der Waals surface area contributed by atoms with Gasteiger partial charge in [-0.3, -0.25) is 0 Å². The van der Waals surface area contributed by atoms with Crippen molar-refractivity contribution in [2.45, 2.75) is 25.3 Å². The molecule has 0 radical (unpaired) electrons. The van der Waals surface area contributed by atoms with Gasteiger partial charge in [0.15, 0.2) is 0 Å². The van der Waals surface area contributed by atoms with Crippen LogP contribution in [0.3, 0.4) is 0 Å². The summed E-state index contributed by atoms with van der Waals surface area (Å²) >= 11 is 0. The number of hydrogen-bond donors (Lipinski definition) is 2. The molecule has 20 heavy (non-hydrogen) atoms. The highest BCUT2D eigenvalue weighted by molar-refractivity contribution is 5.61. The molecule has 2 N–H and O–H groups in total. The lowest BCUT2D eigenvalue weighted by Gasteiger charge is -2.32. The van der Waals surface area contributed by atoms with Gasteiger partial charge in [-0.25, -0.2) is 0 Å². The first kappa shape index (κ1) is 13.1.